The van der Waals surface area contributed by atoms with Crippen molar-refractivity contribution in [3.05, 3.63) is 71.3 Å². The minimum Gasteiger partial charge on any atom is -0.496 e. The highest BCUT2D eigenvalue weighted by Crippen LogP contribution is 2.26. The van der Waals surface area contributed by atoms with Crippen LogP contribution in [0.4, 0.5) is 0 Å². The minimum absolute atomic E-state index is 0.103. The molecule has 0 spiro atoms. The van der Waals surface area contributed by atoms with Gasteiger partial charge in [-0.1, -0.05) is 48.0 Å². The lowest BCUT2D eigenvalue weighted by atomic mass is 10.0. The van der Waals surface area contributed by atoms with Crippen LogP contribution in [-0.4, -0.2) is 25.8 Å². The third-order valence-corrected chi connectivity index (χ3v) is 4.22. The van der Waals surface area contributed by atoms with Crippen LogP contribution >= 0.6 is 0 Å². The van der Waals surface area contributed by atoms with Gasteiger partial charge in [0.1, 0.15) is 11.5 Å². The molecule has 0 saturated carbocycles. The van der Waals surface area contributed by atoms with Crippen molar-refractivity contribution in [3.63, 3.8) is 0 Å². The lowest BCUT2D eigenvalue weighted by Crippen LogP contribution is -2.24. The van der Waals surface area contributed by atoms with Gasteiger partial charge in [-0.15, -0.1) is 0 Å². The largest absolute Gasteiger partial charge is 0.496 e. The van der Waals surface area contributed by atoms with E-state index in [-0.39, 0.29) is 12.5 Å². The number of ether oxygens (including phenoxy) is 2. The van der Waals surface area contributed by atoms with Gasteiger partial charge < -0.3 is 9.47 Å². The van der Waals surface area contributed by atoms with E-state index < -0.39 is 0 Å². The molecule has 1 amide bonds. The molecule has 3 rings (SSSR count). The average molecular weight is 362 g/mol. The summed E-state index contributed by atoms with van der Waals surface area (Å²) in [5, 5.41) is 6.14. The monoisotopic (exact) mass is 362 g/mol. The van der Waals surface area contributed by atoms with E-state index in [0.29, 0.717) is 11.5 Å². The Labute approximate surface area is 158 Å². The summed E-state index contributed by atoms with van der Waals surface area (Å²) >= 11 is 0. The molecule has 5 nitrogen and oxygen atoms in total. The van der Waals surface area contributed by atoms with Gasteiger partial charge in [-0.25, -0.2) is 5.43 Å². The van der Waals surface area contributed by atoms with E-state index in [9.17, 15) is 4.79 Å². The van der Waals surface area contributed by atoms with Gasteiger partial charge in [0.25, 0.3) is 5.91 Å². The summed E-state index contributed by atoms with van der Waals surface area (Å²) < 4.78 is 11.0. The number of benzene rings is 3. The first-order chi connectivity index (χ1) is 13.1. The number of hydrazone groups is 1. The summed E-state index contributed by atoms with van der Waals surface area (Å²) in [6.07, 6.45) is 1.59. The maximum atomic E-state index is 12.0. The fraction of sp³-hybridized carbons (Fsp3) is 0.182. The zero-order valence-corrected chi connectivity index (χ0v) is 15.7. The lowest BCUT2D eigenvalue weighted by Gasteiger charge is -2.09. The van der Waals surface area contributed by atoms with Gasteiger partial charge in [-0.3, -0.25) is 4.79 Å². The summed E-state index contributed by atoms with van der Waals surface area (Å²) in [5.74, 6) is 1.05. The molecular formula is C22H22N2O3. The van der Waals surface area contributed by atoms with Gasteiger partial charge in [0.05, 0.1) is 13.3 Å². The van der Waals surface area contributed by atoms with Crippen LogP contribution < -0.4 is 14.9 Å². The van der Waals surface area contributed by atoms with Gasteiger partial charge >= 0.3 is 0 Å². The molecule has 0 saturated heterocycles. The van der Waals surface area contributed by atoms with Gasteiger partial charge in [-0.05, 0) is 42.3 Å². The van der Waals surface area contributed by atoms with Crippen molar-refractivity contribution >= 4 is 22.9 Å². The highest BCUT2D eigenvalue weighted by atomic mass is 16.5. The molecule has 1 N–H and O–H groups in total. The molecule has 0 aliphatic heterocycles. The molecule has 0 aliphatic rings. The zero-order valence-electron chi connectivity index (χ0n) is 15.7. The summed E-state index contributed by atoms with van der Waals surface area (Å²) in [5.41, 5.74) is 5.45. The maximum Gasteiger partial charge on any atom is 0.277 e. The number of hydrogen-bond acceptors (Lipinski definition) is 4. The fourth-order valence-electron chi connectivity index (χ4n) is 2.89. The molecule has 0 fully saturated rings. The predicted octanol–water partition coefficient (Wildman–Crippen LogP) is 3.99. The second-order valence-corrected chi connectivity index (χ2v) is 6.25. The van der Waals surface area contributed by atoms with Crippen LogP contribution in [0.15, 0.2) is 59.7 Å². The number of carbonyl (C=O) groups is 1. The third-order valence-electron chi connectivity index (χ3n) is 4.22. The molecular weight excluding hydrogens is 340 g/mol. The second kappa shape index (κ2) is 8.36. The molecule has 138 valence electrons. The standard InChI is InChI=1S/C22H22N2O3/c1-15-8-10-20(16(2)12-15)27-14-22(25)24-23-13-19-18-7-5-4-6-17(18)9-11-21(19)26-3/h4-13H,14H2,1-3H3,(H,24,25). The van der Waals surface area contributed by atoms with E-state index in [1.54, 1.807) is 13.3 Å². The van der Waals surface area contributed by atoms with Crippen molar-refractivity contribution in [2.24, 2.45) is 5.10 Å². The smallest absolute Gasteiger partial charge is 0.277 e. The quantitative estimate of drug-likeness (QED) is 0.533. The molecule has 0 heterocycles. The molecule has 3 aromatic carbocycles. The normalized spacial score (nSPS) is 10.9. The van der Waals surface area contributed by atoms with Gasteiger partial charge in [-0.2, -0.15) is 5.10 Å². The van der Waals surface area contributed by atoms with E-state index >= 15 is 0 Å². The number of methoxy groups -OCH3 is 1. The zero-order chi connectivity index (χ0) is 19.2. The number of hydrogen-bond donors (Lipinski definition) is 1. The van der Waals surface area contributed by atoms with E-state index in [1.165, 1.54) is 0 Å². The molecule has 5 heteroatoms. The van der Waals surface area contributed by atoms with Gasteiger partial charge in [0.2, 0.25) is 0 Å². The Morgan fingerprint density at radius 2 is 1.85 bits per heavy atom. The van der Waals surface area contributed by atoms with Crippen LogP contribution in [0.3, 0.4) is 0 Å². The number of fused-ring (bicyclic) bond motifs is 1. The van der Waals surface area contributed by atoms with Crippen LogP contribution in [-0.2, 0) is 4.79 Å². The molecule has 0 bridgehead atoms. The van der Waals surface area contributed by atoms with Crippen LogP contribution in [0.2, 0.25) is 0 Å². The van der Waals surface area contributed by atoms with Crippen LogP contribution in [0, 0.1) is 13.8 Å². The van der Waals surface area contributed by atoms with Crippen molar-refractivity contribution in [1.29, 1.82) is 0 Å². The first-order valence-corrected chi connectivity index (χ1v) is 8.66. The number of rotatable bonds is 6. The Hall–Kier alpha value is -3.34. The number of carbonyl (C=O) groups excluding carboxylic acids is 1. The summed E-state index contributed by atoms with van der Waals surface area (Å²) in [6, 6.07) is 17.6. The number of nitrogens with one attached hydrogen (secondary N) is 1. The second-order valence-electron chi connectivity index (χ2n) is 6.25. The topological polar surface area (TPSA) is 59.9 Å². The highest BCUT2D eigenvalue weighted by Gasteiger charge is 2.07. The van der Waals surface area contributed by atoms with Crippen molar-refractivity contribution < 1.29 is 14.3 Å². The Balaban J connectivity index is 1.66. The Kier molecular flexibility index (Phi) is 5.71. The third kappa shape index (κ3) is 4.44. The molecule has 27 heavy (non-hydrogen) atoms. The van der Waals surface area contributed by atoms with Gasteiger partial charge in [0.15, 0.2) is 6.61 Å². The molecule has 0 unspecified atom stereocenters. The first kappa shape index (κ1) is 18.5. The Morgan fingerprint density at radius 3 is 2.63 bits per heavy atom. The van der Waals surface area contributed by atoms with Crippen LogP contribution in [0.5, 0.6) is 11.5 Å². The highest BCUT2D eigenvalue weighted by molar-refractivity contribution is 6.02. The predicted molar refractivity (Wildman–Crippen MR) is 108 cm³/mol. The molecule has 0 aromatic heterocycles. The Morgan fingerprint density at radius 1 is 1.07 bits per heavy atom. The van der Waals surface area contributed by atoms with Crippen molar-refractivity contribution in [2.75, 3.05) is 13.7 Å². The molecule has 0 atom stereocenters. The Bertz CT molecular complexity index is 996. The van der Waals surface area contributed by atoms with Crippen molar-refractivity contribution in [2.45, 2.75) is 13.8 Å². The first-order valence-electron chi connectivity index (χ1n) is 8.66. The van der Waals surface area contributed by atoms with Crippen LogP contribution in [0.25, 0.3) is 10.8 Å². The van der Waals surface area contributed by atoms with E-state index in [1.807, 2.05) is 68.4 Å². The number of nitrogens with zero attached hydrogens (tertiary/aromatic N) is 1. The van der Waals surface area contributed by atoms with Crippen LogP contribution in [0.1, 0.15) is 16.7 Å². The average Bonchev–Trinajstić information content (AvgIpc) is 2.67. The minimum atomic E-state index is -0.328. The fourth-order valence-corrected chi connectivity index (χ4v) is 2.89. The SMILES string of the molecule is COc1ccc2ccccc2c1C=NNC(=O)COc1ccc(C)cc1C. The van der Waals surface area contributed by atoms with E-state index in [4.69, 9.17) is 9.47 Å². The van der Waals surface area contributed by atoms with E-state index in [2.05, 4.69) is 10.5 Å². The van der Waals surface area contributed by atoms with E-state index in [0.717, 1.165) is 27.5 Å². The molecule has 3 aromatic rings. The lowest BCUT2D eigenvalue weighted by molar-refractivity contribution is -0.123. The van der Waals surface area contributed by atoms with Crippen molar-refractivity contribution in [1.82, 2.24) is 5.43 Å². The summed E-state index contributed by atoms with van der Waals surface area (Å²) in [6.45, 7) is 3.86. The van der Waals surface area contributed by atoms with Gasteiger partial charge in [0, 0.05) is 5.56 Å². The maximum absolute atomic E-state index is 12.0. The molecule has 0 aliphatic carbocycles. The number of amides is 1. The van der Waals surface area contributed by atoms with Crippen molar-refractivity contribution in [3.8, 4) is 11.5 Å². The molecule has 0 radical (unpaired) electrons. The summed E-state index contributed by atoms with van der Waals surface area (Å²) in [7, 11) is 1.61. The number of aryl methyl sites for hydroxylation is 2. The summed E-state index contributed by atoms with van der Waals surface area (Å²) in [4.78, 5) is 12.0.